The van der Waals surface area contributed by atoms with Crippen molar-refractivity contribution in [2.45, 2.75) is 13.5 Å². The molecule has 6 rings (SSSR count). The van der Waals surface area contributed by atoms with Gasteiger partial charge in [0.2, 0.25) is 0 Å². The Morgan fingerprint density at radius 2 is 1.33 bits per heavy atom. The molecule has 7 nitrogen and oxygen atoms in total. The van der Waals surface area contributed by atoms with Crippen LogP contribution in [0.4, 0.5) is 5.82 Å². The Labute approximate surface area is 242 Å². The van der Waals surface area contributed by atoms with Gasteiger partial charge in [0.1, 0.15) is 5.82 Å². The molecule has 0 N–H and O–H groups in total. The Morgan fingerprint density at radius 1 is 0.714 bits per heavy atom. The van der Waals surface area contributed by atoms with Gasteiger partial charge in [-0.1, -0.05) is 72.3 Å². The Hall–Kier alpha value is -5.69. The number of amides is 2. The molecule has 0 spiro atoms. The van der Waals surface area contributed by atoms with Crippen LogP contribution in [-0.4, -0.2) is 26.3 Å². The van der Waals surface area contributed by atoms with Crippen molar-refractivity contribution in [1.29, 1.82) is 0 Å². The molecule has 42 heavy (non-hydrogen) atoms. The highest BCUT2D eigenvalue weighted by molar-refractivity contribution is 6.25. The van der Waals surface area contributed by atoms with Gasteiger partial charge in [-0.05, 0) is 66.6 Å². The molecule has 2 heterocycles. The molecule has 0 unspecified atom stereocenters. The monoisotopic (exact) mass is 550 g/mol. The van der Waals surface area contributed by atoms with Gasteiger partial charge in [0, 0.05) is 22.9 Å². The van der Waals surface area contributed by atoms with Gasteiger partial charge in [0.25, 0.3) is 17.4 Å². The van der Waals surface area contributed by atoms with Gasteiger partial charge >= 0.3 is 0 Å². The first-order valence-corrected chi connectivity index (χ1v) is 13.5. The van der Waals surface area contributed by atoms with Gasteiger partial charge in [-0.2, -0.15) is 0 Å². The number of hydrogen-bond donors (Lipinski definition) is 0. The maximum absolute atomic E-state index is 13.5. The molecule has 0 saturated heterocycles. The second-order valence-corrected chi connectivity index (χ2v) is 9.98. The van der Waals surface area contributed by atoms with Gasteiger partial charge < -0.3 is 0 Å². The zero-order chi connectivity index (χ0) is 29.1. The lowest BCUT2D eigenvalue weighted by Crippen LogP contribution is -2.37. The first-order valence-electron chi connectivity index (χ1n) is 13.5. The number of benzene rings is 4. The third-order valence-corrected chi connectivity index (χ3v) is 7.06. The summed E-state index contributed by atoms with van der Waals surface area (Å²) in [6, 6.07) is 34.2. The summed E-state index contributed by atoms with van der Waals surface area (Å²) in [6.07, 6.45) is 3.17. The number of aromatic nitrogens is 3. The third-order valence-electron chi connectivity index (χ3n) is 7.06. The summed E-state index contributed by atoms with van der Waals surface area (Å²) in [4.78, 5) is 50.5. The molecule has 2 amide bonds. The molecule has 7 heteroatoms. The zero-order valence-corrected chi connectivity index (χ0v) is 22.8. The summed E-state index contributed by atoms with van der Waals surface area (Å²) in [5, 5.41) is 0.492. The van der Waals surface area contributed by atoms with E-state index < -0.39 is 11.8 Å². The van der Waals surface area contributed by atoms with E-state index in [9.17, 15) is 14.4 Å². The first-order chi connectivity index (χ1) is 20.5. The number of carbonyl (C=O) groups excluding carboxylic acids is 2. The average molecular weight is 551 g/mol. The Balaban J connectivity index is 1.34. The molecule has 0 fully saturated rings. The van der Waals surface area contributed by atoms with Crippen LogP contribution < -0.4 is 10.5 Å². The van der Waals surface area contributed by atoms with E-state index in [1.807, 2.05) is 49.4 Å². The van der Waals surface area contributed by atoms with Crippen LogP contribution in [0.3, 0.4) is 0 Å². The summed E-state index contributed by atoms with van der Waals surface area (Å²) >= 11 is 0. The van der Waals surface area contributed by atoms with E-state index in [2.05, 4.69) is 9.97 Å². The quantitative estimate of drug-likeness (QED) is 0.227. The number of fused-ring (bicyclic) bond motifs is 1. The lowest BCUT2D eigenvalue weighted by molar-refractivity contribution is 0.0896. The summed E-state index contributed by atoms with van der Waals surface area (Å²) in [5.74, 6) is -0.754. The summed E-state index contributed by atoms with van der Waals surface area (Å²) in [5.41, 5.74) is 4.87. The number of nitrogens with zero attached hydrogens (tertiary/aromatic N) is 4. The molecule has 6 aromatic rings. The van der Waals surface area contributed by atoms with Crippen LogP contribution in [0.25, 0.3) is 22.0 Å². The van der Waals surface area contributed by atoms with Crippen molar-refractivity contribution in [3.05, 3.63) is 160 Å². The number of aryl methyl sites for hydroxylation is 1. The molecule has 2 aromatic heterocycles. The highest BCUT2D eigenvalue weighted by Gasteiger charge is 2.27. The summed E-state index contributed by atoms with van der Waals surface area (Å²) < 4.78 is 1.60. The van der Waals surface area contributed by atoms with Crippen LogP contribution in [0, 0.1) is 6.92 Å². The molecule has 0 aliphatic carbocycles. The van der Waals surface area contributed by atoms with E-state index in [0.29, 0.717) is 28.6 Å². The number of carbonyl (C=O) groups is 2. The topological polar surface area (TPSA) is 85.2 Å². The van der Waals surface area contributed by atoms with Crippen LogP contribution in [0.5, 0.6) is 0 Å². The van der Waals surface area contributed by atoms with Crippen LogP contribution in [0.2, 0.25) is 0 Å². The minimum Gasteiger partial charge on any atom is -0.294 e. The van der Waals surface area contributed by atoms with E-state index in [4.69, 9.17) is 0 Å². The zero-order valence-electron chi connectivity index (χ0n) is 22.8. The molecule has 4 aromatic carbocycles. The van der Waals surface area contributed by atoms with Gasteiger partial charge in [-0.15, -0.1) is 0 Å². The van der Waals surface area contributed by atoms with Crippen molar-refractivity contribution in [2.75, 3.05) is 4.90 Å². The van der Waals surface area contributed by atoms with Crippen molar-refractivity contribution in [1.82, 2.24) is 14.5 Å². The van der Waals surface area contributed by atoms with E-state index in [1.165, 1.54) is 0 Å². The SMILES string of the molecule is Cc1ccc(Cn2cnc3ccc(-c4ccc(N(C(=O)c5ccccc5)C(=O)c5ccccc5)nc4)cc3c2=O)cc1. The largest absolute Gasteiger partial charge is 0.294 e. The maximum atomic E-state index is 13.5. The molecular formula is C35H26N4O3. The number of pyridine rings is 1. The highest BCUT2D eigenvalue weighted by Crippen LogP contribution is 2.25. The van der Waals surface area contributed by atoms with Gasteiger partial charge in [0.05, 0.1) is 23.8 Å². The van der Waals surface area contributed by atoms with Crippen molar-refractivity contribution in [2.24, 2.45) is 0 Å². The highest BCUT2D eigenvalue weighted by atomic mass is 16.2. The van der Waals surface area contributed by atoms with Gasteiger partial charge in [-0.3, -0.25) is 19.0 Å². The summed E-state index contributed by atoms with van der Waals surface area (Å²) in [7, 11) is 0. The smallest absolute Gasteiger partial charge is 0.266 e. The third kappa shape index (κ3) is 5.36. The molecular weight excluding hydrogens is 524 g/mol. The standard InChI is InChI=1S/C35H26N4O3/c1-24-12-14-25(15-13-24)22-38-23-37-31-18-16-28(20-30(31)35(38)42)29-17-19-32(36-21-29)39(33(40)26-8-4-2-5-9-26)34(41)27-10-6-3-7-11-27/h2-21,23H,22H2,1H3. The molecule has 0 radical (unpaired) electrons. The van der Waals surface area contributed by atoms with Crippen LogP contribution in [0.1, 0.15) is 31.8 Å². The number of imide groups is 1. The van der Waals surface area contributed by atoms with Crippen LogP contribution in [-0.2, 0) is 6.54 Å². The second-order valence-electron chi connectivity index (χ2n) is 9.98. The van der Waals surface area contributed by atoms with Crippen LogP contribution in [0.15, 0.2) is 133 Å². The fraction of sp³-hybridized carbons (Fsp3) is 0.0571. The van der Waals surface area contributed by atoms with E-state index >= 15 is 0 Å². The molecule has 0 bridgehead atoms. The van der Waals surface area contributed by atoms with Crippen molar-refractivity contribution >= 4 is 28.5 Å². The summed E-state index contributed by atoms with van der Waals surface area (Å²) in [6.45, 7) is 2.44. The predicted molar refractivity (Wildman–Crippen MR) is 164 cm³/mol. The average Bonchev–Trinajstić information content (AvgIpc) is 3.04. The molecule has 0 aliphatic heterocycles. The fourth-order valence-corrected chi connectivity index (χ4v) is 4.75. The molecule has 204 valence electrons. The normalized spacial score (nSPS) is 10.9. The molecule has 0 atom stereocenters. The van der Waals surface area contributed by atoms with Crippen molar-refractivity contribution in [3.8, 4) is 11.1 Å². The minimum atomic E-state index is -0.476. The Morgan fingerprint density at radius 3 is 1.93 bits per heavy atom. The lowest BCUT2D eigenvalue weighted by atomic mass is 10.1. The maximum Gasteiger partial charge on any atom is 0.266 e. The number of hydrogen-bond acceptors (Lipinski definition) is 5. The van der Waals surface area contributed by atoms with E-state index in [-0.39, 0.29) is 11.4 Å². The lowest BCUT2D eigenvalue weighted by Gasteiger charge is -2.20. The molecule has 0 saturated carbocycles. The molecule has 0 aliphatic rings. The van der Waals surface area contributed by atoms with Crippen LogP contribution >= 0.6 is 0 Å². The Bertz CT molecular complexity index is 1900. The fourth-order valence-electron chi connectivity index (χ4n) is 4.75. The minimum absolute atomic E-state index is 0.139. The predicted octanol–water partition coefficient (Wildman–Crippen LogP) is 6.30. The van der Waals surface area contributed by atoms with E-state index in [1.54, 1.807) is 89.9 Å². The van der Waals surface area contributed by atoms with E-state index in [0.717, 1.165) is 27.2 Å². The number of anilines is 1. The first kappa shape index (κ1) is 26.5. The second kappa shape index (κ2) is 11.4. The number of rotatable bonds is 6. The van der Waals surface area contributed by atoms with Gasteiger partial charge in [0.15, 0.2) is 0 Å². The van der Waals surface area contributed by atoms with Gasteiger partial charge in [-0.25, -0.2) is 14.9 Å². The van der Waals surface area contributed by atoms with Crippen molar-refractivity contribution < 1.29 is 9.59 Å². The van der Waals surface area contributed by atoms with Crippen molar-refractivity contribution in [3.63, 3.8) is 0 Å². The Kier molecular flexibility index (Phi) is 7.22.